The molecule has 2 aromatic rings. The molecule has 28 heavy (non-hydrogen) atoms. The van der Waals surface area contributed by atoms with Crippen molar-refractivity contribution in [3.05, 3.63) is 27.2 Å². The summed E-state index contributed by atoms with van der Waals surface area (Å²) in [7, 11) is 1.74. The van der Waals surface area contributed by atoms with E-state index in [0.717, 1.165) is 29.7 Å². The Bertz CT molecular complexity index is 971. The quantitative estimate of drug-likeness (QED) is 0.633. The molecule has 0 bridgehead atoms. The molecule has 0 saturated heterocycles. The van der Waals surface area contributed by atoms with Crippen molar-refractivity contribution in [2.75, 3.05) is 13.1 Å². The normalized spacial score (nSPS) is 19.0. The van der Waals surface area contributed by atoms with Crippen LogP contribution in [0.3, 0.4) is 0 Å². The molecule has 9 nitrogen and oxygen atoms in total. The van der Waals surface area contributed by atoms with Crippen LogP contribution in [-0.2, 0) is 23.1 Å². The van der Waals surface area contributed by atoms with Crippen molar-refractivity contribution in [1.82, 2.24) is 25.0 Å². The molecule has 1 amide bonds. The lowest BCUT2D eigenvalue weighted by Crippen LogP contribution is -2.55. The van der Waals surface area contributed by atoms with E-state index in [1.54, 1.807) is 11.7 Å². The maximum atomic E-state index is 12.5. The van der Waals surface area contributed by atoms with Gasteiger partial charge in [0, 0.05) is 24.8 Å². The summed E-state index contributed by atoms with van der Waals surface area (Å²) in [4.78, 5) is 42.0. The highest BCUT2D eigenvalue weighted by atomic mass is 16.4. The first-order valence-electron chi connectivity index (χ1n) is 9.51. The third-order valence-electron chi connectivity index (χ3n) is 5.65. The molecule has 0 atom stereocenters. The molecule has 152 valence electrons. The number of hydrogen-bond donors (Lipinski definition) is 3. The van der Waals surface area contributed by atoms with E-state index >= 15 is 0 Å². The monoisotopic (exact) mass is 389 g/mol. The number of aromatic amines is 1. The number of nitrogens with zero attached hydrogens (tertiary/aromatic N) is 3. The SMILES string of the molecule is CCN(CC(=O)O)C1CC(NC(=O)Cc2c(C)nc3c(c2C)c(=O)[nH]n3C)C1. The van der Waals surface area contributed by atoms with Gasteiger partial charge >= 0.3 is 5.97 Å². The van der Waals surface area contributed by atoms with Crippen LogP contribution in [0.1, 0.15) is 36.6 Å². The number of aromatic nitrogens is 3. The number of H-pyrrole nitrogens is 1. The summed E-state index contributed by atoms with van der Waals surface area (Å²) in [6, 6.07) is 0.244. The molecule has 0 spiro atoms. The number of carbonyl (C=O) groups excluding carboxylic acids is 1. The van der Waals surface area contributed by atoms with E-state index in [2.05, 4.69) is 15.4 Å². The summed E-state index contributed by atoms with van der Waals surface area (Å²) in [5.74, 6) is -0.941. The van der Waals surface area contributed by atoms with E-state index in [0.29, 0.717) is 17.6 Å². The first-order chi connectivity index (χ1) is 13.2. The third-order valence-corrected chi connectivity index (χ3v) is 5.65. The summed E-state index contributed by atoms with van der Waals surface area (Å²) in [6.07, 6.45) is 1.67. The molecule has 0 unspecified atom stereocenters. The van der Waals surface area contributed by atoms with Gasteiger partial charge in [-0.2, -0.15) is 0 Å². The van der Waals surface area contributed by atoms with Gasteiger partial charge in [0.1, 0.15) is 0 Å². The number of rotatable bonds is 7. The molecular formula is C19H27N5O4. The molecule has 2 heterocycles. The van der Waals surface area contributed by atoms with Crippen molar-refractivity contribution in [2.45, 2.75) is 52.1 Å². The number of likely N-dealkylation sites (N-methyl/N-ethyl adjacent to an activating group) is 1. The predicted octanol–water partition coefficient (Wildman–Crippen LogP) is 0.475. The maximum absolute atomic E-state index is 12.5. The number of pyridine rings is 1. The average molecular weight is 389 g/mol. The first-order valence-corrected chi connectivity index (χ1v) is 9.51. The van der Waals surface area contributed by atoms with Crippen molar-refractivity contribution >= 4 is 22.9 Å². The highest BCUT2D eigenvalue weighted by molar-refractivity contribution is 5.84. The standard InChI is InChI=1S/C19H27N5O4/c1-5-24(9-16(26)27)13-6-12(7-13)21-15(25)8-14-10(2)17-18(20-11(14)3)23(4)22-19(17)28/h12-13H,5-9H2,1-4H3,(H,21,25)(H,22,28)(H,26,27). The number of amides is 1. The lowest BCUT2D eigenvalue weighted by molar-refractivity contribution is -0.139. The number of hydrogen-bond acceptors (Lipinski definition) is 5. The van der Waals surface area contributed by atoms with Crippen LogP contribution in [0.4, 0.5) is 0 Å². The number of carboxylic acids is 1. The second-order valence-corrected chi connectivity index (χ2v) is 7.52. The number of fused-ring (bicyclic) bond motifs is 1. The molecule has 1 fully saturated rings. The topological polar surface area (TPSA) is 120 Å². The Hall–Kier alpha value is -2.68. The molecule has 2 aromatic heterocycles. The first kappa shape index (κ1) is 20.1. The van der Waals surface area contributed by atoms with Crippen molar-refractivity contribution in [3.8, 4) is 0 Å². The van der Waals surface area contributed by atoms with E-state index in [4.69, 9.17) is 5.11 Å². The van der Waals surface area contributed by atoms with Crippen LogP contribution in [-0.4, -0.2) is 61.8 Å². The minimum atomic E-state index is -0.834. The fraction of sp³-hybridized carbons (Fsp3) is 0.579. The van der Waals surface area contributed by atoms with Gasteiger partial charge in [-0.3, -0.25) is 29.1 Å². The van der Waals surface area contributed by atoms with E-state index in [9.17, 15) is 14.4 Å². The van der Waals surface area contributed by atoms with Crippen molar-refractivity contribution in [2.24, 2.45) is 7.05 Å². The lowest BCUT2D eigenvalue weighted by atomic mass is 9.85. The minimum Gasteiger partial charge on any atom is -0.480 e. The minimum absolute atomic E-state index is 0.0253. The Labute approximate surface area is 162 Å². The van der Waals surface area contributed by atoms with E-state index in [1.807, 2.05) is 25.7 Å². The van der Waals surface area contributed by atoms with E-state index < -0.39 is 5.97 Å². The molecule has 1 aliphatic carbocycles. The number of carbonyl (C=O) groups is 2. The summed E-state index contributed by atoms with van der Waals surface area (Å²) in [5, 5.41) is 15.2. The molecule has 3 rings (SSSR count). The Morgan fingerprint density at radius 1 is 1.36 bits per heavy atom. The average Bonchev–Trinajstić information content (AvgIpc) is 2.86. The van der Waals surface area contributed by atoms with Crippen LogP contribution in [0.15, 0.2) is 4.79 Å². The third kappa shape index (κ3) is 3.80. The number of nitrogens with one attached hydrogen (secondary N) is 2. The van der Waals surface area contributed by atoms with Crippen LogP contribution >= 0.6 is 0 Å². The van der Waals surface area contributed by atoms with Gasteiger partial charge < -0.3 is 10.4 Å². The summed E-state index contributed by atoms with van der Waals surface area (Å²) < 4.78 is 1.59. The molecule has 0 aromatic carbocycles. The predicted molar refractivity (Wildman–Crippen MR) is 104 cm³/mol. The molecule has 1 aliphatic rings. The summed E-state index contributed by atoms with van der Waals surface area (Å²) >= 11 is 0. The van der Waals surface area contributed by atoms with Gasteiger partial charge in [-0.05, 0) is 44.4 Å². The number of aryl methyl sites for hydroxylation is 3. The van der Waals surface area contributed by atoms with Crippen molar-refractivity contribution in [3.63, 3.8) is 0 Å². The van der Waals surface area contributed by atoms with Crippen LogP contribution < -0.4 is 10.9 Å². The number of carboxylic acid groups (broad SMARTS) is 1. The van der Waals surface area contributed by atoms with Crippen LogP contribution in [0.25, 0.3) is 11.0 Å². The zero-order chi connectivity index (χ0) is 20.6. The molecular weight excluding hydrogens is 362 g/mol. The van der Waals surface area contributed by atoms with Crippen molar-refractivity contribution in [1.29, 1.82) is 0 Å². The fourth-order valence-corrected chi connectivity index (χ4v) is 4.02. The fourth-order valence-electron chi connectivity index (χ4n) is 4.02. The molecule has 3 N–H and O–H groups in total. The molecule has 0 radical (unpaired) electrons. The highest BCUT2D eigenvalue weighted by Gasteiger charge is 2.34. The Balaban J connectivity index is 1.64. The number of aliphatic carboxylic acids is 1. The van der Waals surface area contributed by atoms with Gasteiger partial charge in [-0.25, -0.2) is 4.98 Å². The highest BCUT2D eigenvalue weighted by Crippen LogP contribution is 2.26. The second-order valence-electron chi connectivity index (χ2n) is 7.52. The largest absolute Gasteiger partial charge is 0.480 e. The summed E-state index contributed by atoms with van der Waals surface area (Å²) in [6.45, 7) is 6.33. The van der Waals surface area contributed by atoms with Gasteiger partial charge in [-0.15, -0.1) is 0 Å². The summed E-state index contributed by atoms with van der Waals surface area (Å²) in [5.41, 5.74) is 2.68. The Kier molecular flexibility index (Phi) is 5.55. The molecule has 0 aliphatic heterocycles. The van der Waals surface area contributed by atoms with Gasteiger partial charge in [-0.1, -0.05) is 6.92 Å². The molecule has 1 saturated carbocycles. The van der Waals surface area contributed by atoms with Crippen LogP contribution in [0, 0.1) is 13.8 Å². The van der Waals surface area contributed by atoms with Crippen molar-refractivity contribution < 1.29 is 14.7 Å². The lowest BCUT2D eigenvalue weighted by Gasteiger charge is -2.42. The van der Waals surface area contributed by atoms with Crippen LogP contribution in [0.5, 0.6) is 0 Å². The van der Waals surface area contributed by atoms with Gasteiger partial charge in [0.25, 0.3) is 5.56 Å². The van der Waals surface area contributed by atoms with Crippen LogP contribution in [0.2, 0.25) is 0 Å². The molecule has 9 heteroatoms. The Morgan fingerprint density at radius 2 is 2.04 bits per heavy atom. The van der Waals surface area contributed by atoms with E-state index in [-0.39, 0.29) is 36.5 Å². The van der Waals surface area contributed by atoms with Gasteiger partial charge in [0.15, 0.2) is 5.65 Å². The Morgan fingerprint density at radius 3 is 2.64 bits per heavy atom. The smallest absolute Gasteiger partial charge is 0.317 e. The zero-order valence-corrected chi connectivity index (χ0v) is 16.7. The zero-order valence-electron chi connectivity index (χ0n) is 16.7. The van der Waals surface area contributed by atoms with E-state index in [1.165, 1.54) is 0 Å². The van der Waals surface area contributed by atoms with Gasteiger partial charge in [0.05, 0.1) is 18.4 Å². The maximum Gasteiger partial charge on any atom is 0.317 e. The van der Waals surface area contributed by atoms with Gasteiger partial charge in [0.2, 0.25) is 5.91 Å². The second kappa shape index (κ2) is 7.75.